The average Bonchev–Trinajstić information content (AvgIpc) is 3.30. The number of hydrogen-bond acceptors (Lipinski definition) is 8. The van der Waals surface area contributed by atoms with Gasteiger partial charge in [0, 0.05) is 55.5 Å². The molecule has 0 radical (unpaired) electrons. The monoisotopic (exact) mass is 470 g/mol. The first-order valence-corrected chi connectivity index (χ1v) is 11.1. The number of pyridine rings is 1. The number of rotatable bonds is 9. The summed E-state index contributed by atoms with van der Waals surface area (Å²) in [5, 5.41) is 9.21. The normalized spacial score (nSPS) is 10.8. The van der Waals surface area contributed by atoms with Crippen molar-refractivity contribution in [1.29, 1.82) is 0 Å². The molecule has 0 aliphatic carbocycles. The van der Waals surface area contributed by atoms with Crippen LogP contribution in [0.3, 0.4) is 0 Å². The second-order valence-corrected chi connectivity index (χ2v) is 8.02. The average molecular weight is 471 g/mol. The Balaban J connectivity index is 1.62. The van der Waals surface area contributed by atoms with Crippen molar-refractivity contribution in [2.45, 2.75) is 6.42 Å². The maximum absolute atomic E-state index is 13.4. The lowest BCUT2D eigenvalue weighted by Crippen LogP contribution is -2.09. The second kappa shape index (κ2) is 10.4. The highest BCUT2D eigenvalue weighted by atomic mass is 35.5. The molecule has 0 aliphatic rings. The van der Waals surface area contributed by atoms with E-state index in [1.165, 1.54) is 23.5 Å². The zero-order valence-corrected chi connectivity index (χ0v) is 18.8. The highest BCUT2D eigenvalue weighted by Crippen LogP contribution is 2.33. The van der Waals surface area contributed by atoms with Crippen molar-refractivity contribution >= 4 is 40.4 Å². The highest BCUT2D eigenvalue weighted by Gasteiger charge is 2.14. The predicted molar refractivity (Wildman–Crippen MR) is 126 cm³/mol. The Morgan fingerprint density at radius 1 is 1.16 bits per heavy atom. The molecular formula is C22H20ClFN6OS. The maximum atomic E-state index is 13.4. The van der Waals surface area contributed by atoms with Gasteiger partial charge in [-0.1, -0.05) is 11.6 Å². The van der Waals surface area contributed by atoms with Crippen molar-refractivity contribution in [2.75, 3.05) is 30.9 Å². The van der Waals surface area contributed by atoms with Crippen LogP contribution in [-0.4, -0.2) is 40.2 Å². The molecule has 3 aromatic heterocycles. The molecule has 3 heterocycles. The molecule has 1 aromatic carbocycles. The molecule has 0 spiro atoms. The van der Waals surface area contributed by atoms with Gasteiger partial charge in [-0.25, -0.2) is 14.4 Å². The molecular weight excluding hydrogens is 451 g/mol. The summed E-state index contributed by atoms with van der Waals surface area (Å²) in [5.74, 6) is 0.516. The smallest absolute Gasteiger partial charge is 0.229 e. The van der Waals surface area contributed by atoms with Crippen LogP contribution in [0.2, 0.25) is 5.02 Å². The van der Waals surface area contributed by atoms with E-state index in [4.69, 9.17) is 21.3 Å². The van der Waals surface area contributed by atoms with E-state index in [1.807, 2.05) is 17.5 Å². The van der Waals surface area contributed by atoms with E-state index < -0.39 is 5.82 Å². The minimum absolute atomic E-state index is 0.0240. The summed E-state index contributed by atoms with van der Waals surface area (Å²) >= 11 is 7.39. The van der Waals surface area contributed by atoms with Gasteiger partial charge in [0.25, 0.3) is 0 Å². The van der Waals surface area contributed by atoms with Gasteiger partial charge in [0.1, 0.15) is 16.6 Å². The zero-order valence-electron chi connectivity index (χ0n) is 17.2. The van der Waals surface area contributed by atoms with Crippen LogP contribution in [-0.2, 0) is 4.74 Å². The van der Waals surface area contributed by atoms with Gasteiger partial charge in [-0.05, 0) is 36.8 Å². The molecule has 0 fully saturated rings. The van der Waals surface area contributed by atoms with Gasteiger partial charge in [0.2, 0.25) is 5.95 Å². The molecule has 7 nitrogen and oxygen atoms in total. The molecule has 164 valence electrons. The highest BCUT2D eigenvalue weighted by molar-refractivity contribution is 7.13. The minimum Gasteiger partial charge on any atom is -0.385 e. The lowest BCUT2D eigenvalue weighted by atomic mass is 10.2. The number of benzene rings is 1. The summed E-state index contributed by atoms with van der Waals surface area (Å²) < 4.78 is 18.6. The summed E-state index contributed by atoms with van der Waals surface area (Å²) in [5.41, 5.74) is 3.23. The number of ether oxygens (including phenoxy) is 1. The quantitative estimate of drug-likeness (QED) is 0.306. The van der Waals surface area contributed by atoms with Crippen molar-refractivity contribution in [3.05, 3.63) is 65.1 Å². The molecule has 0 aliphatic heterocycles. The van der Waals surface area contributed by atoms with E-state index in [1.54, 1.807) is 31.8 Å². The van der Waals surface area contributed by atoms with Crippen molar-refractivity contribution in [2.24, 2.45) is 0 Å². The molecule has 4 aromatic rings. The van der Waals surface area contributed by atoms with Gasteiger partial charge in [0.15, 0.2) is 0 Å². The Morgan fingerprint density at radius 3 is 2.78 bits per heavy atom. The van der Waals surface area contributed by atoms with E-state index in [2.05, 4.69) is 25.6 Å². The maximum Gasteiger partial charge on any atom is 0.229 e. The Kier molecular flexibility index (Phi) is 7.21. The summed E-state index contributed by atoms with van der Waals surface area (Å²) in [6, 6.07) is 8.19. The number of halogens is 2. The predicted octanol–water partition coefficient (Wildman–Crippen LogP) is 5.65. The number of nitrogens with one attached hydrogen (secondary N) is 2. The summed E-state index contributed by atoms with van der Waals surface area (Å²) in [6.07, 6.45) is 6.01. The lowest BCUT2D eigenvalue weighted by Gasteiger charge is -2.12. The van der Waals surface area contributed by atoms with Crippen LogP contribution in [0.4, 0.5) is 21.8 Å². The molecule has 0 unspecified atom stereocenters. The van der Waals surface area contributed by atoms with Gasteiger partial charge >= 0.3 is 0 Å². The first-order valence-electron chi connectivity index (χ1n) is 9.82. The van der Waals surface area contributed by atoms with E-state index >= 15 is 0 Å². The Morgan fingerprint density at radius 2 is 2.00 bits per heavy atom. The molecule has 0 bridgehead atoms. The van der Waals surface area contributed by atoms with Gasteiger partial charge in [-0.3, -0.25) is 4.98 Å². The third kappa shape index (κ3) is 5.37. The van der Waals surface area contributed by atoms with Gasteiger partial charge in [-0.2, -0.15) is 4.98 Å². The molecule has 0 saturated carbocycles. The molecule has 4 rings (SSSR count). The fraction of sp³-hybridized carbons (Fsp3) is 0.182. The molecule has 0 atom stereocenters. The van der Waals surface area contributed by atoms with Crippen LogP contribution in [0, 0.1) is 5.82 Å². The molecule has 0 amide bonds. The molecule has 10 heteroatoms. The molecule has 32 heavy (non-hydrogen) atoms. The second-order valence-electron chi connectivity index (χ2n) is 6.76. The third-order valence-corrected chi connectivity index (χ3v) is 5.66. The topological polar surface area (TPSA) is 84.9 Å². The lowest BCUT2D eigenvalue weighted by molar-refractivity contribution is 0.198. The number of thiazole rings is 1. The van der Waals surface area contributed by atoms with Crippen molar-refractivity contribution in [3.8, 4) is 21.8 Å². The largest absolute Gasteiger partial charge is 0.385 e. The SMILES string of the molecule is COCCCNc1nc(Nc2ccc(F)c(Cl)c2)ncc1-c1nc(-c2ccncc2)cs1. The van der Waals surface area contributed by atoms with E-state index in [-0.39, 0.29) is 5.02 Å². The number of hydrogen-bond donors (Lipinski definition) is 2. The van der Waals surface area contributed by atoms with Crippen LogP contribution in [0.25, 0.3) is 21.8 Å². The van der Waals surface area contributed by atoms with Gasteiger partial charge in [0.05, 0.1) is 16.3 Å². The fourth-order valence-electron chi connectivity index (χ4n) is 2.91. The summed E-state index contributed by atoms with van der Waals surface area (Å²) in [4.78, 5) is 17.9. The van der Waals surface area contributed by atoms with Crippen LogP contribution >= 0.6 is 22.9 Å². The number of nitrogens with zero attached hydrogens (tertiary/aromatic N) is 4. The van der Waals surface area contributed by atoms with Gasteiger partial charge in [-0.15, -0.1) is 11.3 Å². The third-order valence-electron chi connectivity index (χ3n) is 4.49. The number of anilines is 3. The van der Waals surface area contributed by atoms with Crippen LogP contribution in [0.5, 0.6) is 0 Å². The number of methoxy groups -OCH3 is 1. The van der Waals surface area contributed by atoms with E-state index in [0.717, 1.165) is 28.2 Å². The first-order chi connectivity index (χ1) is 15.6. The molecule has 0 saturated heterocycles. The summed E-state index contributed by atoms with van der Waals surface area (Å²) in [7, 11) is 1.67. The van der Waals surface area contributed by atoms with Crippen LogP contribution in [0.1, 0.15) is 6.42 Å². The number of aromatic nitrogens is 4. The minimum atomic E-state index is -0.484. The van der Waals surface area contributed by atoms with Crippen LogP contribution in [0.15, 0.2) is 54.3 Å². The Hall–Kier alpha value is -3.14. The molecule has 2 N–H and O–H groups in total. The fourth-order valence-corrected chi connectivity index (χ4v) is 3.93. The Bertz CT molecular complexity index is 1190. The zero-order chi connectivity index (χ0) is 22.3. The Labute approximate surface area is 193 Å². The van der Waals surface area contributed by atoms with Crippen LogP contribution < -0.4 is 10.6 Å². The van der Waals surface area contributed by atoms with E-state index in [0.29, 0.717) is 30.6 Å². The van der Waals surface area contributed by atoms with Crippen molar-refractivity contribution in [3.63, 3.8) is 0 Å². The van der Waals surface area contributed by atoms with E-state index in [9.17, 15) is 4.39 Å². The van der Waals surface area contributed by atoms with Gasteiger partial charge < -0.3 is 15.4 Å². The van der Waals surface area contributed by atoms with Crippen molar-refractivity contribution < 1.29 is 9.13 Å². The summed E-state index contributed by atoms with van der Waals surface area (Å²) in [6.45, 7) is 1.30. The van der Waals surface area contributed by atoms with Crippen molar-refractivity contribution in [1.82, 2.24) is 19.9 Å². The first kappa shape index (κ1) is 22.1. The standard InChI is InChI=1S/C22H20ClFN6OS/c1-31-10-2-7-26-20-16(21-29-19(13-32-21)14-5-8-25-9-6-14)12-27-22(30-20)28-15-3-4-18(24)17(23)11-15/h3-6,8-9,11-13H,2,7,10H2,1H3,(H2,26,27,28,30).